The lowest BCUT2D eigenvalue weighted by Crippen LogP contribution is -2.40. The summed E-state index contributed by atoms with van der Waals surface area (Å²) in [6.45, 7) is 2.49. The molecule has 0 radical (unpaired) electrons. The number of anilines is 1. The van der Waals surface area contributed by atoms with Crippen molar-refractivity contribution in [1.82, 2.24) is 4.98 Å². The van der Waals surface area contributed by atoms with Crippen molar-refractivity contribution < 1.29 is 14.2 Å². The van der Waals surface area contributed by atoms with Crippen LogP contribution in [0.2, 0.25) is 0 Å². The van der Waals surface area contributed by atoms with Crippen LogP contribution in [0, 0.1) is 11.3 Å². The van der Waals surface area contributed by atoms with Crippen LogP contribution >= 0.6 is 0 Å². The lowest BCUT2D eigenvalue weighted by atomic mass is 9.74. The van der Waals surface area contributed by atoms with Crippen molar-refractivity contribution in [2.45, 2.75) is 18.3 Å². The fraction of sp³-hybridized carbons (Fsp3) is 0.368. The first kappa shape index (κ1) is 15.7. The number of pyridine rings is 1. The Morgan fingerprint density at radius 2 is 1.96 bits per heavy atom. The third-order valence-electron chi connectivity index (χ3n) is 4.94. The topological polar surface area (TPSA) is 76.4 Å². The molecule has 2 aliphatic heterocycles. The third kappa shape index (κ3) is 3.11. The Labute approximate surface area is 146 Å². The van der Waals surface area contributed by atoms with Crippen LogP contribution in [0.25, 0.3) is 0 Å². The van der Waals surface area contributed by atoms with Crippen LogP contribution in [-0.4, -0.2) is 31.5 Å². The van der Waals surface area contributed by atoms with Crippen LogP contribution in [0.3, 0.4) is 0 Å². The van der Waals surface area contributed by atoms with Crippen molar-refractivity contribution in [2.24, 2.45) is 0 Å². The zero-order chi connectivity index (χ0) is 17.1. The van der Waals surface area contributed by atoms with Gasteiger partial charge in [-0.05, 0) is 42.7 Å². The molecular weight excluding hydrogens is 318 g/mol. The highest BCUT2D eigenvalue weighted by Gasteiger charge is 2.35. The van der Waals surface area contributed by atoms with Gasteiger partial charge in [0, 0.05) is 31.4 Å². The van der Waals surface area contributed by atoms with E-state index in [0.717, 1.165) is 49.9 Å². The summed E-state index contributed by atoms with van der Waals surface area (Å²) in [6.07, 6.45) is 3.44. The van der Waals surface area contributed by atoms with Gasteiger partial charge in [-0.2, -0.15) is 5.26 Å². The first-order valence-corrected chi connectivity index (χ1v) is 8.37. The number of nitrogens with one attached hydrogen (secondary N) is 1. The molecule has 0 spiro atoms. The number of nitrogens with zero attached hydrogens (tertiary/aromatic N) is 2. The largest absolute Gasteiger partial charge is 0.454 e. The van der Waals surface area contributed by atoms with Crippen molar-refractivity contribution >= 4 is 5.82 Å². The molecule has 0 aliphatic carbocycles. The van der Waals surface area contributed by atoms with Crippen molar-refractivity contribution in [3.63, 3.8) is 0 Å². The van der Waals surface area contributed by atoms with Gasteiger partial charge in [-0.3, -0.25) is 0 Å². The summed E-state index contributed by atoms with van der Waals surface area (Å²) in [5, 5.41) is 12.3. The Bertz CT molecular complexity index is 793. The first-order chi connectivity index (χ1) is 12.3. The van der Waals surface area contributed by atoms with Crippen molar-refractivity contribution in [2.75, 3.05) is 31.9 Å². The average Bonchev–Trinajstić information content (AvgIpc) is 3.15. The van der Waals surface area contributed by atoms with Gasteiger partial charge in [0.1, 0.15) is 11.9 Å². The molecule has 1 saturated heterocycles. The quantitative estimate of drug-likeness (QED) is 0.924. The second-order valence-corrected chi connectivity index (χ2v) is 6.36. The number of nitriles is 1. The molecule has 128 valence electrons. The van der Waals surface area contributed by atoms with Gasteiger partial charge in [0.2, 0.25) is 6.79 Å². The minimum absolute atomic E-state index is 0.0468. The van der Waals surface area contributed by atoms with Crippen LogP contribution < -0.4 is 14.8 Å². The first-order valence-electron chi connectivity index (χ1n) is 8.37. The Balaban J connectivity index is 1.57. The van der Waals surface area contributed by atoms with Crippen molar-refractivity contribution in [1.29, 1.82) is 5.26 Å². The molecule has 0 saturated carbocycles. The predicted octanol–water partition coefficient (Wildman–Crippen LogP) is 2.84. The molecule has 3 heterocycles. The lowest BCUT2D eigenvalue weighted by molar-refractivity contribution is 0.0543. The number of fused-ring (bicyclic) bond motifs is 1. The SMILES string of the molecule is N#Cc1ccc(NCC2(c3ccc4c(c3)OCO4)CCOCC2)nc1. The van der Waals surface area contributed by atoms with E-state index in [1.807, 2.05) is 12.1 Å². The molecule has 6 nitrogen and oxygen atoms in total. The van der Waals surface area contributed by atoms with Gasteiger partial charge < -0.3 is 19.5 Å². The number of ether oxygens (including phenoxy) is 3. The third-order valence-corrected chi connectivity index (χ3v) is 4.94. The van der Waals surface area contributed by atoms with Gasteiger partial charge in [0.05, 0.1) is 5.56 Å². The summed E-state index contributed by atoms with van der Waals surface area (Å²) in [6, 6.07) is 11.9. The van der Waals surface area contributed by atoms with Gasteiger partial charge >= 0.3 is 0 Å². The molecule has 2 aliphatic rings. The lowest BCUT2D eigenvalue weighted by Gasteiger charge is -2.38. The standard InChI is InChI=1S/C19H19N3O3/c20-10-14-1-4-18(21-11-14)22-12-19(5-7-23-8-6-19)15-2-3-16-17(9-15)25-13-24-16/h1-4,9,11H,5-8,12-13H2,(H,21,22). The van der Waals surface area contributed by atoms with E-state index in [1.54, 1.807) is 12.3 Å². The molecule has 1 aromatic heterocycles. The zero-order valence-electron chi connectivity index (χ0n) is 13.8. The van der Waals surface area contributed by atoms with E-state index in [1.165, 1.54) is 5.56 Å². The average molecular weight is 337 g/mol. The maximum absolute atomic E-state index is 8.88. The van der Waals surface area contributed by atoms with E-state index >= 15 is 0 Å². The molecule has 6 heteroatoms. The van der Waals surface area contributed by atoms with Gasteiger partial charge in [-0.15, -0.1) is 0 Å². The smallest absolute Gasteiger partial charge is 0.231 e. The van der Waals surface area contributed by atoms with Gasteiger partial charge in [-0.25, -0.2) is 4.98 Å². The van der Waals surface area contributed by atoms with Crippen molar-refractivity contribution in [3.05, 3.63) is 47.7 Å². The minimum Gasteiger partial charge on any atom is -0.454 e. The predicted molar refractivity (Wildman–Crippen MR) is 91.7 cm³/mol. The molecule has 1 N–H and O–H groups in total. The van der Waals surface area contributed by atoms with Gasteiger partial charge in [-0.1, -0.05) is 6.07 Å². The normalized spacial score (nSPS) is 17.7. The number of hydrogen-bond donors (Lipinski definition) is 1. The maximum atomic E-state index is 8.88. The summed E-state index contributed by atoms with van der Waals surface area (Å²) < 4.78 is 16.6. The molecule has 4 rings (SSSR count). The maximum Gasteiger partial charge on any atom is 0.231 e. The highest BCUT2D eigenvalue weighted by atomic mass is 16.7. The van der Waals surface area contributed by atoms with Crippen LogP contribution in [0.15, 0.2) is 36.5 Å². The molecular formula is C19H19N3O3. The van der Waals surface area contributed by atoms with Gasteiger partial charge in [0.15, 0.2) is 11.5 Å². The minimum atomic E-state index is -0.0468. The zero-order valence-corrected chi connectivity index (χ0v) is 13.8. The summed E-state index contributed by atoms with van der Waals surface area (Å²) in [5.41, 5.74) is 1.73. The molecule has 0 bridgehead atoms. The Morgan fingerprint density at radius 3 is 2.72 bits per heavy atom. The van der Waals surface area contributed by atoms with Crippen LogP contribution in [0.4, 0.5) is 5.82 Å². The van der Waals surface area contributed by atoms with Crippen LogP contribution in [0.1, 0.15) is 24.0 Å². The van der Waals surface area contributed by atoms with E-state index < -0.39 is 0 Å². The second kappa shape index (κ2) is 6.61. The fourth-order valence-electron chi connectivity index (χ4n) is 3.38. The van der Waals surface area contributed by atoms with Crippen molar-refractivity contribution in [3.8, 4) is 17.6 Å². The summed E-state index contributed by atoms with van der Waals surface area (Å²) in [5.74, 6) is 2.37. The Kier molecular flexibility index (Phi) is 4.16. The van der Waals surface area contributed by atoms with E-state index in [9.17, 15) is 0 Å². The second-order valence-electron chi connectivity index (χ2n) is 6.36. The van der Waals surface area contributed by atoms with E-state index in [-0.39, 0.29) is 12.2 Å². The number of benzene rings is 1. The Morgan fingerprint density at radius 1 is 1.12 bits per heavy atom. The molecule has 1 aromatic carbocycles. The molecule has 1 fully saturated rings. The van der Waals surface area contributed by atoms with E-state index in [2.05, 4.69) is 28.5 Å². The van der Waals surface area contributed by atoms with Gasteiger partial charge in [0.25, 0.3) is 0 Å². The highest BCUT2D eigenvalue weighted by Crippen LogP contribution is 2.40. The summed E-state index contributed by atoms with van der Waals surface area (Å²) in [7, 11) is 0. The van der Waals surface area contributed by atoms with E-state index in [0.29, 0.717) is 5.56 Å². The molecule has 0 amide bonds. The fourth-order valence-corrected chi connectivity index (χ4v) is 3.38. The molecule has 25 heavy (non-hydrogen) atoms. The summed E-state index contributed by atoms with van der Waals surface area (Å²) >= 11 is 0. The highest BCUT2D eigenvalue weighted by molar-refractivity contribution is 5.48. The van der Waals surface area contributed by atoms with Crippen LogP contribution in [-0.2, 0) is 10.2 Å². The summed E-state index contributed by atoms with van der Waals surface area (Å²) in [4.78, 5) is 4.31. The Hall–Kier alpha value is -2.78. The number of hydrogen-bond acceptors (Lipinski definition) is 6. The number of aromatic nitrogens is 1. The number of rotatable bonds is 4. The molecule has 2 aromatic rings. The molecule has 0 unspecified atom stereocenters. The monoisotopic (exact) mass is 337 g/mol. The van der Waals surface area contributed by atoms with Crippen LogP contribution in [0.5, 0.6) is 11.5 Å². The van der Waals surface area contributed by atoms with E-state index in [4.69, 9.17) is 19.5 Å². The molecule has 0 atom stereocenters.